The van der Waals surface area contributed by atoms with E-state index in [2.05, 4.69) is 4.90 Å². The quantitative estimate of drug-likeness (QED) is 0.852. The lowest BCUT2D eigenvalue weighted by molar-refractivity contribution is -0.134. The predicted octanol–water partition coefficient (Wildman–Crippen LogP) is 3.47. The van der Waals surface area contributed by atoms with Gasteiger partial charge in [0.05, 0.1) is 6.04 Å². The Morgan fingerprint density at radius 1 is 1.17 bits per heavy atom. The molecule has 1 aliphatic carbocycles. The lowest BCUT2D eigenvalue weighted by Crippen LogP contribution is -2.47. The second kappa shape index (κ2) is 6.96. The number of carbonyl (C=O) groups excluding carboxylic acids is 2. The summed E-state index contributed by atoms with van der Waals surface area (Å²) in [6, 6.07) is 9.61. The molecule has 1 saturated carbocycles. The number of likely N-dealkylation sites (N-methyl/N-ethyl adjacent to an activating group) is 1. The van der Waals surface area contributed by atoms with Gasteiger partial charge in [-0.15, -0.1) is 0 Å². The third kappa shape index (κ3) is 3.06. The van der Waals surface area contributed by atoms with Crippen LogP contribution in [0.25, 0.3) is 0 Å². The standard InChI is InChI=1S/C20H28N2O2/c1-3-21(19(24)17-10-6-4-7-11-17)18-14-20(12-8-5-9-13-20)22(15-18)16(2)23/h4,6-7,10-11,18H,3,5,8-9,12-15H2,1-2H3/t18-/m0/s1. The van der Waals surface area contributed by atoms with Crippen LogP contribution in [-0.4, -0.2) is 46.3 Å². The van der Waals surface area contributed by atoms with Crippen molar-refractivity contribution >= 4 is 11.8 Å². The molecule has 24 heavy (non-hydrogen) atoms. The lowest BCUT2D eigenvalue weighted by atomic mass is 9.79. The molecule has 0 N–H and O–H groups in total. The second-order valence-electron chi connectivity index (χ2n) is 7.23. The van der Waals surface area contributed by atoms with E-state index >= 15 is 0 Å². The van der Waals surface area contributed by atoms with Gasteiger partial charge in [0.2, 0.25) is 5.91 Å². The van der Waals surface area contributed by atoms with Gasteiger partial charge in [0.25, 0.3) is 5.91 Å². The molecule has 1 atom stereocenters. The van der Waals surface area contributed by atoms with Gasteiger partial charge >= 0.3 is 0 Å². The molecular formula is C20H28N2O2. The molecular weight excluding hydrogens is 300 g/mol. The maximum Gasteiger partial charge on any atom is 0.254 e. The molecule has 1 aromatic carbocycles. The van der Waals surface area contributed by atoms with Gasteiger partial charge in [-0.1, -0.05) is 37.5 Å². The van der Waals surface area contributed by atoms with Crippen LogP contribution >= 0.6 is 0 Å². The zero-order valence-corrected chi connectivity index (χ0v) is 14.8. The summed E-state index contributed by atoms with van der Waals surface area (Å²) in [6.45, 7) is 5.07. The van der Waals surface area contributed by atoms with Gasteiger partial charge in [-0.25, -0.2) is 0 Å². The van der Waals surface area contributed by atoms with E-state index in [1.54, 1.807) is 6.92 Å². The molecule has 0 aromatic heterocycles. The van der Waals surface area contributed by atoms with Crippen molar-refractivity contribution < 1.29 is 9.59 Å². The number of rotatable bonds is 3. The van der Waals surface area contributed by atoms with E-state index in [1.165, 1.54) is 19.3 Å². The fourth-order valence-corrected chi connectivity index (χ4v) is 4.69. The summed E-state index contributed by atoms with van der Waals surface area (Å²) in [5, 5.41) is 0. The zero-order valence-electron chi connectivity index (χ0n) is 14.8. The van der Waals surface area contributed by atoms with Crippen LogP contribution in [0.3, 0.4) is 0 Å². The van der Waals surface area contributed by atoms with E-state index in [4.69, 9.17) is 0 Å². The zero-order chi connectivity index (χ0) is 17.2. The Labute approximate surface area is 144 Å². The van der Waals surface area contributed by atoms with Gasteiger partial charge in [-0.2, -0.15) is 0 Å². The maximum atomic E-state index is 12.9. The average Bonchev–Trinajstić information content (AvgIpc) is 2.95. The number of likely N-dealkylation sites (tertiary alicyclic amines) is 1. The highest BCUT2D eigenvalue weighted by molar-refractivity contribution is 5.94. The number of amides is 2. The molecule has 1 heterocycles. The summed E-state index contributed by atoms with van der Waals surface area (Å²) >= 11 is 0. The Hall–Kier alpha value is -1.84. The first-order valence-electron chi connectivity index (χ1n) is 9.21. The monoisotopic (exact) mass is 328 g/mol. The molecule has 1 spiro atoms. The van der Waals surface area contributed by atoms with Crippen molar-refractivity contribution in [3.05, 3.63) is 35.9 Å². The Balaban J connectivity index is 1.83. The van der Waals surface area contributed by atoms with E-state index in [-0.39, 0.29) is 23.4 Å². The third-order valence-electron chi connectivity index (χ3n) is 5.81. The molecule has 0 radical (unpaired) electrons. The highest BCUT2D eigenvalue weighted by Crippen LogP contribution is 2.43. The van der Waals surface area contributed by atoms with Crippen LogP contribution in [0.4, 0.5) is 0 Å². The van der Waals surface area contributed by atoms with Crippen molar-refractivity contribution in [2.24, 2.45) is 0 Å². The van der Waals surface area contributed by atoms with Crippen LogP contribution in [-0.2, 0) is 4.79 Å². The van der Waals surface area contributed by atoms with Crippen molar-refractivity contribution in [2.75, 3.05) is 13.1 Å². The summed E-state index contributed by atoms with van der Waals surface area (Å²) in [5.74, 6) is 0.238. The van der Waals surface area contributed by atoms with Gasteiger partial charge < -0.3 is 9.80 Å². The average molecular weight is 328 g/mol. The van der Waals surface area contributed by atoms with Crippen LogP contribution in [0.1, 0.15) is 62.7 Å². The third-order valence-corrected chi connectivity index (χ3v) is 5.81. The molecule has 2 fully saturated rings. The molecule has 1 saturated heterocycles. The smallest absolute Gasteiger partial charge is 0.254 e. The highest BCUT2D eigenvalue weighted by Gasteiger charge is 2.49. The number of nitrogens with zero attached hydrogens (tertiary/aromatic N) is 2. The first-order chi connectivity index (χ1) is 11.6. The van der Waals surface area contributed by atoms with Crippen molar-refractivity contribution in [3.63, 3.8) is 0 Å². The van der Waals surface area contributed by atoms with Crippen LogP contribution in [0.15, 0.2) is 30.3 Å². The maximum absolute atomic E-state index is 12.9. The number of carbonyl (C=O) groups is 2. The molecule has 4 heteroatoms. The molecule has 0 unspecified atom stereocenters. The van der Waals surface area contributed by atoms with Crippen LogP contribution in [0, 0.1) is 0 Å². The largest absolute Gasteiger partial charge is 0.335 e. The topological polar surface area (TPSA) is 40.6 Å². The van der Waals surface area contributed by atoms with E-state index in [0.717, 1.165) is 24.8 Å². The van der Waals surface area contributed by atoms with Gasteiger partial charge in [0.15, 0.2) is 0 Å². The van der Waals surface area contributed by atoms with E-state index in [1.807, 2.05) is 42.2 Å². The minimum Gasteiger partial charge on any atom is -0.335 e. The molecule has 4 nitrogen and oxygen atoms in total. The Kier molecular flexibility index (Phi) is 4.93. The molecule has 130 valence electrons. The van der Waals surface area contributed by atoms with E-state index in [9.17, 15) is 9.59 Å². The van der Waals surface area contributed by atoms with Crippen LogP contribution < -0.4 is 0 Å². The minimum atomic E-state index is -0.0147. The fraction of sp³-hybridized carbons (Fsp3) is 0.600. The van der Waals surface area contributed by atoms with Gasteiger partial charge in [-0.05, 0) is 38.3 Å². The summed E-state index contributed by atoms with van der Waals surface area (Å²) in [6.07, 6.45) is 6.74. The van der Waals surface area contributed by atoms with Gasteiger partial charge in [0, 0.05) is 31.1 Å². The van der Waals surface area contributed by atoms with Gasteiger partial charge in [0.1, 0.15) is 0 Å². The summed E-state index contributed by atoms with van der Waals surface area (Å²) in [7, 11) is 0. The lowest BCUT2D eigenvalue weighted by Gasteiger charge is -2.41. The second-order valence-corrected chi connectivity index (χ2v) is 7.23. The number of hydrogen-bond donors (Lipinski definition) is 0. The Bertz CT molecular complexity index is 593. The predicted molar refractivity (Wildman–Crippen MR) is 94.8 cm³/mol. The van der Waals surface area contributed by atoms with Crippen LogP contribution in [0.2, 0.25) is 0 Å². The minimum absolute atomic E-state index is 0.0147. The summed E-state index contributed by atoms with van der Waals surface area (Å²) < 4.78 is 0. The SMILES string of the molecule is CCN(C(=O)c1ccccc1)[C@@H]1CN(C(C)=O)C2(CCCCC2)C1. The Morgan fingerprint density at radius 3 is 2.42 bits per heavy atom. The van der Waals surface area contributed by atoms with Crippen molar-refractivity contribution in [1.29, 1.82) is 0 Å². The molecule has 0 bridgehead atoms. The first kappa shape index (κ1) is 17.0. The van der Waals surface area contributed by atoms with E-state index in [0.29, 0.717) is 13.1 Å². The molecule has 3 rings (SSSR count). The summed E-state index contributed by atoms with van der Waals surface area (Å²) in [4.78, 5) is 29.2. The number of hydrogen-bond acceptors (Lipinski definition) is 2. The number of benzene rings is 1. The van der Waals surface area contributed by atoms with Crippen molar-refractivity contribution in [1.82, 2.24) is 9.80 Å². The van der Waals surface area contributed by atoms with Crippen molar-refractivity contribution in [2.45, 2.75) is 64.0 Å². The van der Waals surface area contributed by atoms with E-state index < -0.39 is 0 Å². The Morgan fingerprint density at radius 2 is 1.83 bits per heavy atom. The molecule has 1 aromatic rings. The molecule has 1 aliphatic heterocycles. The molecule has 2 aliphatic rings. The fourth-order valence-electron chi connectivity index (χ4n) is 4.69. The highest BCUT2D eigenvalue weighted by atomic mass is 16.2. The van der Waals surface area contributed by atoms with Crippen molar-refractivity contribution in [3.8, 4) is 0 Å². The first-order valence-corrected chi connectivity index (χ1v) is 9.21. The van der Waals surface area contributed by atoms with Crippen LogP contribution in [0.5, 0.6) is 0 Å². The normalized spacial score (nSPS) is 22.6. The molecule has 2 amide bonds. The van der Waals surface area contributed by atoms with Gasteiger partial charge in [-0.3, -0.25) is 9.59 Å². The summed E-state index contributed by atoms with van der Waals surface area (Å²) in [5.41, 5.74) is 0.720.